The molecule has 0 heterocycles. The van der Waals surface area contributed by atoms with Crippen LogP contribution in [0.15, 0.2) is 29.2 Å². The van der Waals surface area contributed by atoms with Crippen LogP contribution in [0.1, 0.15) is 47.0 Å². The van der Waals surface area contributed by atoms with E-state index in [1.54, 1.807) is 25.1 Å². The molecule has 0 aromatic heterocycles. The summed E-state index contributed by atoms with van der Waals surface area (Å²) in [6, 6.07) is 6.26. The zero-order chi connectivity index (χ0) is 20.0. The van der Waals surface area contributed by atoms with Crippen molar-refractivity contribution in [2.45, 2.75) is 58.0 Å². The van der Waals surface area contributed by atoms with Crippen LogP contribution >= 0.6 is 0 Å². The number of amides is 1. The molecule has 1 aliphatic carbocycles. The average molecular weight is 398 g/mol. The van der Waals surface area contributed by atoms with Crippen LogP contribution in [0.25, 0.3) is 0 Å². The topological polar surface area (TPSA) is 81.7 Å². The summed E-state index contributed by atoms with van der Waals surface area (Å²) in [6.07, 6.45) is 3.12. The molecule has 3 unspecified atom stereocenters. The van der Waals surface area contributed by atoms with Gasteiger partial charge in [-0.2, -0.15) is 0 Å². The van der Waals surface area contributed by atoms with Gasteiger partial charge in [0.15, 0.2) is 0 Å². The normalized spacial score (nSPS) is 23.2. The predicted octanol–water partition coefficient (Wildman–Crippen LogP) is 3.37. The van der Waals surface area contributed by atoms with E-state index >= 15 is 0 Å². The molecule has 7 heteroatoms. The van der Waals surface area contributed by atoms with Crippen molar-refractivity contribution < 1.29 is 22.7 Å². The average Bonchev–Trinajstić information content (AvgIpc) is 2.60. The summed E-state index contributed by atoms with van der Waals surface area (Å²) in [4.78, 5) is 12.2. The molecule has 1 amide bonds. The highest BCUT2D eigenvalue weighted by Crippen LogP contribution is 2.35. The molecule has 0 saturated heterocycles. The molecule has 1 saturated carbocycles. The highest BCUT2D eigenvalue weighted by molar-refractivity contribution is 7.90. The third kappa shape index (κ3) is 5.94. The van der Waals surface area contributed by atoms with Crippen molar-refractivity contribution in [2.24, 2.45) is 17.8 Å². The molecular weight excluding hydrogens is 366 g/mol. The van der Waals surface area contributed by atoms with Crippen LogP contribution in [0.2, 0.25) is 0 Å². The van der Waals surface area contributed by atoms with Crippen LogP contribution < -0.4 is 9.46 Å². The fraction of sp³-hybridized carbons (Fsp3) is 0.650. The molecule has 0 radical (unpaired) electrons. The Hall–Kier alpha value is -1.60. The Morgan fingerprint density at radius 2 is 1.96 bits per heavy atom. The van der Waals surface area contributed by atoms with E-state index in [0.29, 0.717) is 24.4 Å². The lowest BCUT2D eigenvalue weighted by Gasteiger charge is -2.37. The van der Waals surface area contributed by atoms with Crippen LogP contribution in [0.5, 0.6) is 5.75 Å². The maximum absolute atomic E-state index is 12.5. The first kappa shape index (κ1) is 21.7. The van der Waals surface area contributed by atoms with E-state index in [9.17, 15) is 13.2 Å². The van der Waals surface area contributed by atoms with Gasteiger partial charge in [0.25, 0.3) is 15.9 Å². The van der Waals surface area contributed by atoms with Crippen molar-refractivity contribution in [2.75, 3.05) is 13.2 Å². The smallest absolute Gasteiger partial charge is 0.267 e. The molecule has 152 valence electrons. The second-order valence-electron chi connectivity index (χ2n) is 7.58. The molecular formula is C20H31NO5S. The van der Waals surface area contributed by atoms with Gasteiger partial charge in [0, 0.05) is 0 Å². The maximum Gasteiger partial charge on any atom is 0.267 e. The van der Waals surface area contributed by atoms with Crippen LogP contribution in [-0.4, -0.2) is 33.6 Å². The third-order valence-electron chi connectivity index (χ3n) is 5.08. The molecule has 1 aromatic carbocycles. The van der Waals surface area contributed by atoms with Gasteiger partial charge in [0.2, 0.25) is 0 Å². The molecule has 6 nitrogen and oxygen atoms in total. The second kappa shape index (κ2) is 9.55. The van der Waals surface area contributed by atoms with Crippen LogP contribution in [0.3, 0.4) is 0 Å². The Morgan fingerprint density at radius 1 is 1.26 bits per heavy atom. The van der Waals surface area contributed by atoms with Crippen LogP contribution in [0, 0.1) is 17.8 Å². The molecule has 27 heavy (non-hydrogen) atoms. The number of hydrogen-bond donors (Lipinski definition) is 1. The number of hydrogen-bond acceptors (Lipinski definition) is 5. The lowest BCUT2D eigenvalue weighted by atomic mass is 9.75. The molecule has 3 atom stereocenters. The number of rotatable bonds is 8. The summed E-state index contributed by atoms with van der Waals surface area (Å²) in [5, 5.41) is 0. The highest BCUT2D eigenvalue weighted by atomic mass is 32.2. The third-order valence-corrected chi connectivity index (χ3v) is 6.49. The number of ether oxygens (including phenoxy) is 2. The summed E-state index contributed by atoms with van der Waals surface area (Å²) in [7, 11) is -4.01. The van der Waals surface area contributed by atoms with E-state index in [1.807, 2.05) is 0 Å². The largest absolute Gasteiger partial charge is 0.492 e. The fourth-order valence-electron chi connectivity index (χ4n) is 3.67. The predicted molar refractivity (Wildman–Crippen MR) is 104 cm³/mol. The highest BCUT2D eigenvalue weighted by Gasteiger charge is 2.32. The van der Waals surface area contributed by atoms with Gasteiger partial charge in [-0.25, -0.2) is 13.1 Å². The monoisotopic (exact) mass is 397 g/mol. The van der Waals surface area contributed by atoms with Crippen molar-refractivity contribution >= 4 is 15.9 Å². The summed E-state index contributed by atoms with van der Waals surface area (Å²) in [5.74, 6) is 0.968. The molecule has 0 aliphatic heterocycles. The Morgan fingerprint density at radius 3 is 2.63 bits per heavy atom. The number of benzene rings is 1. The van der Waals surface area contributed by atoms with Gasteiger partial charge in [0.1, 0.15) is 17.3 Å². The standard InChI is InChI=1S/C20H31NO5S/c1-5-25-17-8-6-7-9-19(17)27(23,24)21-20(22)13-26-18-12-15(4)10-11-16(18)14(2)3/h6-9,14-16,18H,5,10-13H2,1-4H3,(H,21,22). The van der Waals surface area contributed by atoms with Crippen molar-refractivity contribution in [3.05, 3.63) is 24.3 Å². The molecule has 1 fully saturated rings. The van der Waals surface area contributed by atoms with Gasteiger partial charge < -0.3 is 9.47 Å². The molecule has 1 N–H and O–H groups in total. The van der Waals surface area contributed by atoms with E-state index in [1.165, 1.54) is 6.07 Å². The Balaban J connectivity index is 2.00. The summed E-state index contributed by atoms with van der Waals surface area (Å²) in [5.41, 5.74) is 0. The Labute approximate surface area is 162 Å². The van der Waals surface area contributed by atoms with Crippen LogP contribution in [-0.2, 0) is 19.6 Å². The van der Waals surface area contributed by atoms with Crippen molar-refractivity contribution in [1.82, 2.24) is 4.72 Å². The molecule has 0 bridgehead atoms. The van der Waals surface area contributed by atoms with Crippen LogP contribution in [0.4, 0.5) is 0 Å². The number of nitrogens with one attached hydrogen (secondary N) is 1. The lowest BCUT2D eigenvalue weighted by molar-refractivity contribution is -0.129. The molecule has 1 aliphatic rings. The van der Waals surface area contributed by atoms with E-state index in [2.05, 4.69) is 25.5 Å². The minimum absolute atomic E-state index is 0.0158. The Bertz CT molecular complexity index is 732. The van der Waals surface area contributed by atoms with E-state index in [-0.39, 0.29) is 23.4 Å². The number of carbonyl (C=O) groups excluding carboxylic acids is 1. The minimum Gasteiger partial charge on any atom is -0.492 e. The van der Waals surface area contributed by atoms with Gasteiger partial charge in [-0.05, 0) is 49.7 Å². The molecule has 0 spiro atoms. The first-order chi connectivity index (χ1) is 12.7. The van der Waals surface area contributed by atoms with E-state index in [0.717, 1.165) is 19.3 Å². The number of sulfonamides is 1. The first-order valence-corrected chi connectivity index (χ1v) is 11.1. The molecule has 1 aromatic rings. The SMILES string of the molecule is CCOc1ccccc1S(=O)(=O)NC(=O)COC1CC(C)CCC1C(C)C. The fourth-order valence-corrected chi connectivity index (χ4v) is 4.79. The quantitative estimate of drug-likeness (QED) is 0.727. The van der Waals surface area contributed by atoms with Gasteiger partial charge in [-0.15, -0.1) is 0 Å². The summed E-state index contributed by atoms with van der Waals surface area (Å²) >= 11 is 0. The number of carbonyl (C=O) groups is 1. The van der Waals surface area contributed by atoms with Crippen molar-refractivity contribution in [3.63, 3.8) is 0 Å². The molecule has 2 rings (SSSR count). The zero-order valence-electron chi connectivity index (χ0n) is 16.6. The van der Waals surface area contributed by atoms with Gasteiger partial charge >= 0.3 is 0 Å². The first-order valence-electron chi connectivity index (χ1n) is 9.63. The zero-order valence-corrected chi connectivity index (χ0v) is 17.4. The van der Waals surface area contributed by atoms with Crippen molar-refractivity contribution in [1.29, 1.82) is 0 Å². The van der Waals surface area contributed by atoms with E-state index in [4.69, 9.17) is 9.47 Å². The summed E-state index contributed by atoms with van der Waals surface area (Å²) in [6.45, 7) is 8.34. The lowest BCUT2D eigenvalue weighted by Crippen LogP contribution is -2.39. The van der Waals surface area contributed by atoms with Crippen molar-refractivity contribution in [3.8, 4) is 5.75 Å². The van der Waals surface area contributed by atoms with Gasteiger partial charge in [-0.3, -0.25) is 4.79 Å². The Kier molecular flexibility index (Phi) is 7.68. The van der Waals surface area contributed by atoms with Gasteiger partial charge in [0.05, 0.1) is 12.7 Å². The van der Waals surface area contributed by atoms with E-state index < -0.39 is 15.9 Å². The minimum atomic E-state index is -4.01. The second-order valence-corrected chi connectivity index (χ2v) is 9.23. The maximum atomic E-state index is 12.5. The van der Waals surface area contributed by atoms with Gasteiger partial charge in [-0.1, -0.05) is 39.3 Å². The summed E-state index contributed by atoms with van der Waals surface area (Å²) < 4.78 is 38.4. The number of para-hydroxylation sites is 1.